The molecule has 0 aliphatic carbocycles. The second-order valence-corrected chi connectivity index (χ2v) is 16.7. The van der Waals surface area contributed by atoms with Crippen molar-refractivity contribution >= 4 is 45.2 Å². The fourth-order valence-electron chi connectivity index (χ4n) is 7.77. The first-order valence-electron chi connectivity index (χ1n) is 20.9. The second-order valence-electron chi connectivity index (χ2n) is 16.7. The minimum atomic E-state index is -0.626. The van der Waals surface area contributed by atoms with Crippen LogP contribution in [0.5, 0.6) is 5.75 Å². The first kappa shape index (κ1) is 41.5. The van der Waals surface area contributed by atoms with Crippen LogP contribution in [0.1, 0.15) is 51.1 Å². The molecule has 1 amide bonds. The van der Waals surface area contributed by atoms with E-state index >= 15 is 0 Å². The monoisotopic (exact) mass is 831 g/mol. The number of aromatic amines is 1. The van der Waals surface area contributed by atoms with Gasteiger partial charge in [0.25, 0.3) is 0 Å². The number of rotatable bonds is 13. The van der Waals surface area contributed by atoms with Crippen molar-refractivity contribution in [1.82, 2.24) is 39.7 Å². The molecular formula is C48H53N11O3. The molecule has 0 radical (unpaired) electrons. The predicted octanol–water partition coefficient (Wildman–Crippen LogP) is 9.22. The first-order valence-corrected chi connectivity index (χ1v) is 20.9. The molecule has 0 saturated carbocycles. The molecule has 14 heteroatoms. The molecule has 0 bridgehead atoms. The third-order valence-electron chi connectivity index (χ3n) is 11.0. The number of imidazole rings is 2. The number of anilines is 3. The van der Waals surface area contributed by atoms with Crippen molar-refractivity contribution in [3.63, 3.8) is 0 Å². The van der Waals surface area contributed by atoms with Crippen LogP contribution < -0.4 is 20.3 Å². The number of nitrogens with two attached hydrogens (primary N) is 1. The van der Waals surface area contributed by atoms with Crippen LogP contribution in [0.2, 0.25) is 0 Å². The smallest absolute Gasteiger partial charge is 0.414 e. The number of aromatic nitrogens is 8. The SMILES string of the molecule is CCCc1nc2c(C)cc(-c3nc4ccc(N(C)CCOc5ccc(N)c(N(C)C(=O)OC(C)(C)C)c5)cc4n3C)cc2n1Cc1ccc(-c2ccccc2-c2nn[nH]n2)cc1. The molecule has 0 saturated heterocycles. The van der Waals surface area contributed by atoms with Crippen LogP contribution in [0.15, 0.2) is 97.1 Å². The minimum Gasteiger partial charge on any atom is -0.492 e. The Morgan fingerprint density at radius 1 is 0.887 bits per heavy atom. The number of nitrogens with one attached hydrogen (secondary N) is 1. The third-order valence-corrected chi connectivity index (χ3v) is 11.0. The number of nitrogens with zero attached hydrogens (tertiary/aromatic N) is 9. The molecule has 3 N–H and O–H groups in total. The topological polar surface area (TPSA) is 158 Å². The average Bonchev–Trinajstić information content (AvgIpc) is 4.00. The summed E-state index contributed by atoms with van der Waals surface area (Å²) in [5, 5.41) is 14.7. The van der Waals surface area contributed by atoms with Crippen LogP contribution in [0, 0.1) is 6.92 Å². The fraction of sp³-hybridized carbons (Fsp3) is 0.292. The Bertz CT molecular complexity index is 2870. The normalized spacial score (nSPS) is 11.7. The molecule has 14 nitrogen and oxygen atoms in total. The van der Waals surface area contributed by atoms with Crippen molar-refractivity contribution in [3.05, 3.63) is 114 Å². The number of likely N-dealkylation sites (N-methyl/N-ethyl adjacent to an activating group) is 1. The molecule has 0 aliphatic rings. The van der Waals surface area contributed by atoms with Gasteiger partial charge >= 0.3 is 6.09 Å². The Labute approximate surface area is 361 Å². The molecule has 0 unspecified atom stereocenters. The van der Waals surface area contributed by atoms with E-state index in [1.807, 2.05) is 46.0 Å². The Morgan fingerprint density at radius 3 is 2.39 bits per heavy atom. The molecule has 3 aromatic heterocycles. The molecule has 8 aromatic rings. The number of H-pyrrole nitrogens is 1. The fourth-order valence-corrected chi connectivity index (χ4v) is 7.77. The van der Waals surface area contributed by atoms with Crippen LogP contribution in [0.4, 0.5) is 21.9 Å². The standard InChI is InChI=1S/C48H53N11O3/c1-9-12-43-51-44-30(2)25-33(26-42(44)59(43)29-31-15-17-32(18-16-31)36-13-10-11-14-37(36)45-52-54-55-53-45)46-50-39-22-19-34(27-41(39)57(46)7)56(6)23-24-61-35-20-21-38(49)40(28-35)58(8)47(60)62-48(3,4)5/h10-11,13-22,25-28H,9,12,23-24,29,49H2,1-8H3,(H,52,53,54,55). The van der Waals surface area contributed by atoms with Gasteiger partial charge < -0.3 is 29.2 Å². The van der Waals surface area contributed by atoms with Crippen molar-refractivity contribution in [3.8, 4) is 39.7 Å². The van der Waals surface area contributed by atoms with Gasteiger partial charge in [0.15, 0.2) is 0 Å². The van der Waals surface area contributed by atoms with Gasteiger partial charge in [0.05, 0.1) is 40.0 Å². The molecule has 8 rings (SSSR count). The van der Waals surface area contributed by atoms with E-state index in [1.165, 1.54) is 10.5 Å². The lowest BCUT2D eigenvalue weighted by Crippen LogP contribution is -2.34. The summed E-state index contributed by atoms with van der Waals surface area (Å²) in [5.74, 6) is 3.13. The van der Waals surface area contributed by atoms with Gasteiger partial charge in [-0.2, -0.15) is 5.21 Å². The quantitative estimate of drug-likeness (QED) is 0.107. The summed E-state index contributed by atoms with van der Waals surface area (Å²) in [4.78, 5) is 26.6. The summed E-state index contributed by atoms with van der Waals surface area (Å²) in [6.07, 6.45) is 1.38. The van der Waals surface area contributed by atoms with Crippen LogP contribution >= 0.6 is 0 Å². The zero-order valence-electron chi connectivity index (χ0n) is 36.6. The van der Waals surface area contributed by atoms with Gasteiger partial charge in [-0.25, -0.2) is 14.8 Å². The molecule has 318 valence electrons. The Balaban J connectivity index is 1.01. The summed E-state index contributed by atoms with van der Waals surface area (Å²) >= 11 is 0. The molecular weight excluding hydrogens is 779 g/mol. The van der Waals surface area contributed by atoms with Gasteiger partial charge in [0, 0.05) is 57.0 Å². The molecule has 0 spiro atoms. The lowest BCUT2D eigenvalue weighted by molar-refractivity contribution is 0.0589. The van der Waals surface area contributed by atoms with Crippen LogP contribution in [-0.2, 0) is 24.8 Å². The molecule has 3 heterocycles. The largest absolute Gasteiger partial charge is 0.492 e. The summed E-state index contributed by atoms with van der Waals surface area (Å²) < 4.78 is 16.2. The molecule has 62 heavy (non-hydrogen) atoms. The van der Waals surface area contributed by atoms with E-state index in [0.29, 0.717) is 42.6 Å². The number of fused-ring (bicyclic) bond motifs is 2. The zero-order valence-corrected chi connectivity index (χ0v) is 36.6. The molecule has 5 aromatic carbocycles. The number of ether oxygens (including phenoxy) is 2. The summed E-state index contributed by atoms with van der Waals surface area (Å²) in [6.45, 7) is 11.5. The zero-order chi connectivity index (χ0) is 43.7. The summed E-state index contributed by atoms with van der Waals surface area (Å²) in [6, 6.07) is 32.9. The predicted molar refractivity (Wildman–Crippen MR) is 247 cm³/mol. The van der Waals surface area contributed by atoms with Crippen LogP contribution in [0.3, 0.4) is 0 Å². The van der Waals surface area contributed by atoms with E-state index in [4.69, 9.17) is 25.2 Å². The van der Waals surface area contributed by atoms with Gasteiger partial charge in [0.1, 0.15) is 29.6 Å². The van der Waals surface area contributed by atoms with E-state index in [9.17, 15) is 4.79 Å². The Kier molecular flexibility index (Phi) is 11.4. The molecule has 0 fully saturated rings. The van der Waals surface area contributed by atoms with E-state index in [1.54, 1.807) is 25.2 Å². The average molecular weight is 832 g/mol. The Morgan fingerprint density at radius 2 is 1.66 bits per heavy atom. The van der Waals surface area contributed by atoms with Gasteiger partial charge in [-0.05, 0) is 104 Å². The Hall–Kier alpha value is -7.22. The second kappa shape index (κ2) is 17.0. The van der Waals surface area contributed by atoms with E-state index < -0.39 is 11.7 Å². The van der Waals surface area contributed by atoms with Gasteiger partial charge in [-0.1, -0.05) is 55.5 Å². The number of tetrazole rings is 1. The lowest BCUT2D eigenvalue weighted by Gasteiger charge is -2.25. The summed E-state index contributed by atoms with van der Waals surface area (Å²) in [5.41, 5.74) is 18.0. The maximum Gasteiger partial charge on any atom is 0.414 e. The maximum absolute atomic E-state index is 12.7. The molecule has 0 aliphatic heterocycles. The number of carbonyl (C=O) groups is 1. The van der Waals surface area contributed by atoms with Crippen molar-refractivity contribution in [2.75, 3.05) is 42.8 Å². The minimum absolute atomic E-state index is 0.414. The van der Waals surface area contributed by atoms with Gasteiger partial charge in [0.2, 0.25) is 5.82 Å². The highest BCUT2D eigenvalue weighted by atomic mass is 16.6. The van der Waals surface area contributed by atoms with Crippen LogP contribution in [0.25, 0.3) is 56.0 Å². The number of hydrogen-bond acceptors (Lipinski definition) is 10. The van der Waals surface area contributed by atoms with E-state index in [2.05, 4.69) is 116 Å². The van der Waals surface area contributed by atoms with Crippen molar-refractivity contribution in [2.45, 2.75) is 59.6 Å². The number of aryl methyl sites for hydroxylation is 3. The first-order chi connectivity index (χ1) is 29.8. The van der Waals surface area contributed by atoms with Crippen molar-refractivity contribution in [1.29, 1.82) is 0 Å². The maximum atomic E-state index is 12.7. The highest BCUT2D eigenvalue weighted by Crippen LogP contribution is 2.34. The van der Waals surface area contributed by atoms with Crippen molar-refractivity contribution < 1.29 is 14.3 Å². The van der Waals surface area contributed by atoms with E-state index in [-0.39, 0.29) is 0 Å². The molecule has 0 atom stereocenters. The number of benzene rings is 5. The lowest BCUT2D eigenvalue weighted by atomic mass is 9.98. The van der Waals surface area contributed by atoms with Crippen LogP contribution in [-0.4, -0.2) is 78.7 Å². The van der Waals surface area contributed by atoms with Gasteiger partial charge in [-0.3, -0.25) is 4.90 Å². The summed E-state index contributed by atoms with van der Waals surface area (Å²) in [7, 11) is 5.75. The number of carbonyl (C=O) groups excluding carboxylic acids is 1. The van der Waals surface area contributed by atoms with E-state index in [0.717, 1.165) is 80.1 Å². The highest BCUT2D eigenvalue weighted by Gasteiger charge is 2.23. The number of nitrogen functional groups attached to an aromatic ring is 1. The van der Waals surface area contributed by atoms with Crippen molar-refractivity contribution in [2.24, 2.45) is 7.05 Å². The number of amides is 1. The third kappa shape index (κ3) is 8.53. The van der Waals surface area contributed by atoms with Gasteiger partial charge in [-0.15, -0.1) is 10.2 Å². The number of hydrogen-bond donors (Lipinski definition) is 2. The highest BCUT2D eigenvalue weighted by molar-refractivity contribution is 5.92.